The highest BCUT2D eigenvalue weighted by Gasteiger charge is 2.27. The lowest BCUT2D eigenvalue weighted by Crippen LogP contribution is -2.40. The third-order valence-electron chi connectivity index (χ3n) is 6.93. The van der Waals surface area contributed by atoms with Crippen LogP contribution in [0.4, 0.5) is 0 Å². The van der Waals surface area contributed by atoms with Crippen LogP contribution in [0.15, 0.2) is 21.7 Å². The van der Waals surface area contributed by atoms with Crippen LogP contribution in [0, 0.1) is 5.92 Å². The van der Waals surface area contributed by atoms with Crippen LogP contribution in [0.2, 0.25) is 0 Å². The molecule has 0 unspecified atom stereocenters. The van der Waals surface area contributed by atoms with Gasteiger partial charge >= 0.3 is 5.69 Å². The molecule has 4 rings (SSSR count). The van der Waals surface area contributed by atoms with E-state index in [0.717, 1.165) is 36.2 Å². The van der Waals surface area contributed by atoms with Gasteiger partial charge in [0.15, 0.2) is 0 Å². The van der Waals surface area contributed by atoms with Crippen molar-refractivity contribution in [3.8, 4) is 0 Å². The van der Waals surface area contributed by atoms with Crippen LogP contribution in [-0.4, -0.2) is 51.7 Å². The first-order valence-corrected chi connectivity index (χ1v) is 11.4. The SMILES string of the molecule is COCCn1c(=O)n(C)c(=O)c2ccc(C3CCN(C(=O)CC4CCCC4)CC3)nc21. The Morgan fingerprint density at radius 2 is 1.84 bits per heavy atom. The topological polar surface area (TPSA) is 86.4 Å². The second-order valence-electron chi connectivity index (χ2n) is 8.91. The molecule has 31 heavy (non-hydrogen) atoms. The summed E-state index contributed by atoms with van der Waals surface area (Å²) in [5.74, 6) is 1.07. The maximum absolute atomic E-state index is 12.6. The van der Waals surface area contributed by atoms with Gasteiger partial charge in [0.1, 0.15) is 5.65 Å². The minimum absolute atomic E-state index is 0.218. The van der Waals surface area contributed by atoms with Gasteiger partial charge in [-0.05, 0) is 43.7 Å². The Balaban J connectivity index is 1.52. The number of hydrogen-bond donors (Lipinski definition) is 0. The van der Waals surface area contributed by atoms with Crippen molar-refractivity contribution in [1.29, 1.82) is 0 Å². The van der Waals surface area contributed by atoms with E-state index >= 15 is 0 Å². The number of fused-ring (bicyclic) bond motifs is 1. The molecule has 2 fully saturated rings. The van der Waals surface area contributed by atoms with Crippen molar-refractivity contribution in [3.63, 3.8) is 0 Å². The summed E-state index contributed by atoms with van der Waals surface area (Å²) in [6.07, 6.45) is 7.28. The van der Waals surface area contributed by atoms with Gasteiger partial charge in [0, 0.05) is 45.3 Å². The molecule has 1 saturated heterocycles. The number of rotatable bonds is 6. The summed E-state index contributed by atoms with van der Waals surface area (Å²) >= 11 is 0. The molecule has 2 aliphatic rings. The van der Waals surface area contributed by atoms with Crippen molar-refractivity contribution in [3.05, 3.63) is 38.7 Å². The zero-order valence-electron chi connectivity index (χ0n) is 18.5. The Labute approximate surface area is 181 Å². The number of aromatic nitrogens is 3. The van der Waals surface area contributed by atoms with E-state index < -0.39 is 0 Å². The third kappa shape index (κ3) is 4.44. The standard InChI is InChI=1S/C23H32N4O4/c1-25-22(29)18-7-8-19(24-21(18)27(23(25)30)13-14-31-2)17-9-11-26(12-10-17)20(28)15-16-5-3-4-6-16/h7-8,16-17H,3-6,9-15H2,1-2H3. The van der Waals surface area contributed by atoms with Gasteiger partial charge < -0.3 is 9.64 Å². The van der Waals surface area contributed by atoms with E-state index in [-0.39, 0.29) is 23.1 Å². The first-order chi connectivity index (χ1) is 15.0. The lowest BCUT2D eigenvalue weighted by atomic mass is 9.92. The van der Waals surface area contributed by atoms with Gasteiger partial charge in [0.25, 0.3) is 5.56 Å². The molecule has 2 aromatic rings. The summed E-state index contributed by atoms with van der Waals surface area (Å²) in [4.78, 5) is 44.6. The van der Waals surface area contributed by atoms with Gasteiger partial charge in [-0.25, -0.2) is 9.78 Å². The zero-order chi connectivity index (χ0) is 22.0. The van der Waals surface area contributed by atoms with E-state index in [2.05, 4.69) is 0 Å². The molecule has 0 N–H and O–H groups in total. The molecule has 1 saturated carbocycles. The van der Waals surface area contributed by atoms with Gasteiger partial charge in [-0.3, -0.25) is 18.7 Å². The number of methoxy groups -OCH3 is 1. The Morgan fingerprint density at radius 1 is 1.13 bits per heavy atom. The van der Waals surface area contributed by atoms with E-state index in [1.54, 1.807) is 13.2 Å². The van der Waals surface area contributed by atoms with E-state index in [9.17, 15) is 14.4 Å². The summed E-state index contributed by atoms with van der Waals surface area (Å²) in [5.41, 5.74) is 0.586. The number of hydrogen-bond acceptors (Lipinski definition) is 5. The summed E-state index contributed by atoms with van der Waals surface area (Å²) in [5, 5.41) is 0.436. The minimum atomic E-state index is -0.383. The fraction of sp³-hybridized carbons (Fsp3) is 0.652. The number of likely N-dealkylation sites (tertiary alicyclic amines) is 1. The second-order valence-corrected chi connectivity index (χ2v) is 8.91. The predicted molar refractivity (Wildman–Crippen MR) is 118 cm³/mol. The summed E-state index contributed by atoms with van der Waals surface area (Å²) in [7, 11) is 3.06. The van der Waals surface area contributed by atoms with Crippen molar-refractivity contribution in [2.75, 3.05) is 26.8 Å². The maximum atomic E-state index is 12.6. The molecule has 8 heteroatoms. The van der Waals surface area contributed by atoms with Crippen molar-refractivity contribution in [2.24, 2.45) is 13.0 Å². The fourth-order valence-corrected chi connectivity index (χ4v) is 5.00. The molecular formula is C23H32N4O4. The third-order valence-corrected chi connectivity index (χ3v) is 6.93. The molecule has 3 heterocycles. The van der Waals surface area contributed by atoms with Gasteiger partial charge in [-0.2, -0.15) is 0 Å². The molecule has 2 aromatic heterocycles. The molecule has 1 aliphatic heterocycles. The molecule has 8 nitrogen and oxygen atoms in total. The monoisotopic (exact) mass is 428 g/mol. The van der Waals surface area contributed by atoms with Crippen molar-refractivity contribution < 1.29 is 9.53 Å². The highest BCUT2D eigenvalue weighted by atomic mass is 16.5. The zero-order valence-corrected chi connectivity index (χ0v) is 18.5. The van der Waals surface area contributed by atoms with E-state index in [1.165, 1.54) is 37.3 Å². The first-order valence-electron chi connectivity index (χ1n) is 11.4. The number of ether oxygens (including phenoxy) is 1. The first kappa shape index (κ1) is 21.7. The minimum Gasteiger partial charge on any atom is -0.383 e. The maximum Gasteiger partial charge on any atom is 0.332 e. The van der Waals surface area contributed by atoms with Crippen LogP contribution in [0.25, 0.3) is 11.0 Å². The summed E-state index contributed by atoms with van der Waals surface area (Å²) < 4.78 is 7.77. The molecule has 0 atom stereocenters. The molecule has 0 aromatic carbocycles. The second kappa shape index (κ2) is 9.34. The average Bonchev–Trinajstić information content (AvgIpc) is 3.30. The van der Waals surface area contributed by atoms with Crippen LogP contribution >= 0.6 is 0 Å². The Kier molecular flexibility index (Phi) is 6.55. The molecule has 0 bridgehead atoms. The number of pyridine rings is 1. The molecule has 1 aliphatic carbocycles. The van der Waals surface area contributed by atoms with Gasteiger partial charge in [0.2, 0.25) is 5.91 Å². The molecule has 168 valence electrons. The number of piperidine rings is 1. The summed E-state index contributed by atoms with van der Waals surface area (Å²) in [6.45, 7) is 2.18. The Bertz CT molecular complexity index is 1060. The largest absolute Gasteiger partial charge is 0.383 e. The van der Waals surface area contributed by atoms with Crippen LogP contribution < -0.4 is 11.2 Å². The number of amides is 1. The van der Waals surface area contributed by atoms with Gasteiger partial charge in [-0.15, -0.1) is 0 Å². The number of carbonyl (C=O) groups is 1. The van der Waals surface area contributed by atoms with E-state index in [0.29, 0.717) is 36.5 Å². The Morgan fingerprint density at radius 3 is 2.52 bits per heavy atom. The van der Waals surface area contributed by atoms with Crippen LogP contribution in [0.3, 0.4) is 0 Å². The fourth-order valence-electron chi connectivity index (χ4n) is 5.00. The van der Waals surface area contributed by atoms with Crippen LogP contribution in [0.5, 0.6) is 0 Å². The number of carbonyl (C=O) groups excluding carboxylic acids is 1. The van der Waals surface area contributed by atoms with E-state index in [1.807, 2.05) is 11.0 Å². The summed E-state index contributed by atoms with van der Waals surface area (Å²) in [6, 6.07) is 3.68. The van der Waals surface area contributed by atoms with Crippen molar-refractivity contribution >= 4 is 16.9 Å². The lowest BCUT2D eigenvalue weighted by Gasteiger charge is -2.32. The predicted octanol–water partition coefficient (Wildman–Crippen LogP) is 2.03. The number of nitrogens with zero attached hydrogens (tertiary/aromatic N) is 4. The van der Waals surface area contributed by atoms with Crippen LogP contribution in [-0.2, 0) is 23.1 Å². The molecular weight excluding hydrogens is 396 g/mol. The van der Waals surface area contributed by atoms with Crippen LogP contribution in [0.1, 0.15) is 56.6 Å². The highest BCUT2D eigenvalue weighted by Crippen LogP contribution is 2.31. The quantitative estimate of drug-likeness (QED) is 0.703. The molecule has 0 radical (unpaired) electrons. The average molecular weight is 429 g/mol. The highest BCUT2D eigenvalue weighted by molar-refractivity contribution is 5.76. The molecule has 0 spiro atoms. The van der Waals surface area contributed by atoms with E-state index in [4.69, 9.17) is 9.72 Å². The van der Waals surface area contributed by atoms with Gasteiger partial charge in [-0.1, -0.05) is 12.8 Å². The Hall–Kier alpha value is -2.48. The van der Waals surface area contributed by atoms with Crippen molar-refractivity contribution in [1.82, 2.24) is 19.0 Å². The van der Waals surface area contributed by atoms with Gasteiger partial charge in [0.05, 0.1) is 18.5 Å². The van der Waals surface area contributed by atoms with Crippen molar-refractivity contribution in [2.45, 2.75) is 57.4 Å². The lowest BCUT2D eigenvalue weighted by molar-refractivity contribution is -0.133. The normalized spacial score (nSPS) is 18.2. The smallest absolute Gasteiger partial charge is 0.332 e. The molecule has 1 amide bonds.